The van der Waals surface area contributed by atoms with Crippen LogP contribution in [0.15, 0.2) is 60.9 Å². The number of para-hydroxylation sites is 2. The molecule has 3 heterocycles. The van der Waals surface area contributed by atoms with E-state index in [9.17, 15) is 14.5 Å². The summed E-state index contributed by atoms with van der Waals surface area (Å²) in [5.41, 5.74) is 2.28. The molecule has 2 N–H and O–H groups in total. The van der Waals surface area contributed by atoms with E-state index in [2.05, 4.69) is 20.6 Å². The van der Waals surface area contributed by atoms with E-state index in [0.717, 1.165) is 24.2 Å². The van der Waals surface area contributed by atoms with Gasteiger partial charge in [-0.15, -0.1) is 0 Å². The Balaban J connectivity index is 1.59. The van der Waals surface area contributed by atoms with Gasteiger partial charge in [0.15, 0.2) is 0 Å². The zero-order chi connectivity index (χ0) is 21.6. The SMILES string of the molecule is O=[N+]([O-])c1ccc(NCc2cccnc2)nc1Nc1ccccc1N1CCCC(F)C1. The molecular formula is C22H23FN6O2. The molecule has 0 aliphatic carbocycles. The van der Waals surface area contributed by atoms with Crippen molar-refractivity contribution in [3.8, 4) is 0 Å². The highest BCUT2D eigenvalue weighted by Gasteiger charge is 2.23. The summed E-state index contributed by atoms with van der Waals surface area (Å²) in [5.74, 6) is 0.624. The first kappa shape index (κ1) is 20.5. The van der Waals surface area contributed by atoms with Crippen LogP contribution in [0.25, 0.3) is 0 Å². The number of rotatable bonds is 7. The second-order valence-corrected chi connectivity index (χ2v) is 7.36. The molecule has 0 spiro atoms. The summed E-state index contributed by atoms with van der Waals surface area (Å²) in [7, 11) is 0. The third-order valence-electron chi connectivity index (χ3n) is 5.13. The number of nitro groups is 1. The van der Waals surface area contributed by atoms with E-state index in [0.29, 0.717) is 31.0 Å². The molecule has 9 heteroatoms. The number of hydrogen-bond donors (Lipinski definition) is 2. The zero-order valence-corrected chi connectivity index (χ0v) is 16.9. The molecule has 1 fully saturated rings. The van der Waals surface area contributed by atoms with Gasteiger partial charge in [0.25, 0.3) is 0 Å². The molecular weight excluding hydrogens is 399 g/mol. The molecule has 31 heavy (non-hydrogen) atoms. The number of nitrogens with zero attached hydrogens (tertiary/aromatic N) is 4. The average molecular weight is 422 g/mol. The van der Waals surface area contributed by atoms with E-state index in [4.69, 9.17) is 0 Å². The van der Waals surface area contributed by atoms with Crippen LogP contribution in [-0.2, 0) is 6.54 Å². The highest BCUT2D eigenvalue weighted by Crippen LogP contribution is 2.34. The monoisotopic (exact) mass is 422 g/mol. The van der Waals surface area contributed by atoms with Crippen molar-refractivity contribution in [2.24, 2.45) is 0 Å². The molecule has 0 saturated carbocycles. The molecule has 0 amide bonds. The first-order valence-electron chi connectivity index (χ1n) is 10.1. The maximum Gasteiger partial charge on any atom is 0.311 e. The quantitative estimate of drug-likeness (QED) is 0.422. The van der Waals surface area contributed by atoms with Crippen LogP contribution in [0.1, 0.15) is 18.4 Å². The summed E-state index contributed by atoms with van der Waals surface area (Å²) in [6.45, 7) is 1.53. The lowest BCUT2D eigenvalue weighted by Crippen LogP contribution is -2.36. The summed E-state index contributed by atoms with van der Waals surface area (Å²) in [4.78, 5) is 21.6. The van der Waals surface area contributed by atoms with Gasteiger partial charge in [0.2, 0.25) is 5.82 Å². The minimum Gasteiger partial charge on any atom is -0.367 e. The summed E-state index contributed by atoms with van der Waals surface area (Å²) < 4.78 is 13.9. The van der Waals surface area contributed by atoms with Crippen LogP contribution in [0.5, 0.6) is 0 Å². The molecule has 1 aliphatic rings. The summed E-state index contributed by atoms with van der Waals surface area (Å²) >= 11 is 0. The first-order chi connectivity index (χ1) is 15.1. The average Bonchev–Trinajstić information content (AvgIpc) is 2.79. The summed E-state index contributed by atoms with van der Waals surface area (Å²) in [6.07, 6.45) is 3.88. The summed E-state index contributed by atoms with van der Waals surface area (Å²) in [6, 6.07) is 14.2. The molecule has 2 aromatic heterocycles. The van der Waals surface area contributed by atoms with Gasteiger partial charge in [0, 0.05) is 38.1 Å². The molecule has 1 saturated heterocycles. The highest BCUT2D eigenvalue weighted by atomic mass is 19.1. The predicted octanol–water partition coefficient (Wildman–Crippen LogP) is 4.68. The van der Waals surface area contributed by atoms with E-state index in [1.54, 1.807) is 18.5 Å². The van der Waals surface area contributed by atoms with Gasteiger partial charge >= 0.3 is 5.69 Å². The van der Waals surface area contributed by atoms with Crippen molar-refractivity contribution in [3.05, 3.63) is 76.6 Å². The largest absolute Gasteiger partial charge is 0.367 e. The Kier molecular flexibility index (Phi) is 6.21. The number of benzene rings is 1. The molecule has 1 atom stereocenters. The Morgan fingerprint density at radius 3 is 2.84 bits per heavy atom. The number of pyridine rings is 2. The number of piperidine rings is 1. The fourth-order valence-corrected chi connectivity index (χ4v) is 3.61. The van der Waals surface area contributed by atoms with Crippen molar-refractivity contribution in [1.29, 1.82) is 0 Å². The van der Waals surface area contributed by atoms with Gasteiger partial charge in [-0.1, -0.05) is 18.2 Å². The van der Waals surface area contributed by atoms with E-state index in [1.165, 1.54) is 6.07 Å². The molecule has 0 radical (unpaired) electrons. The Morgan fingerprint density at radius 2 is 2.06 bits per heavy atom. The van der Waals surface area contributed by atoms with Gasteiger partial charge in [-0.2, -0.15) is 0 Å². The molecule has 4 rings (SSSR count). The van der Waals surface area contributed by atoms with Crippen LogP contribution in [0.3, 0.4) is 0 Å². The van der Waals surface area contributed by atoms with Crippen molar-refractivity contribution in [2.75, 3.05) is 28.6 Å². The number of nitrogens with one attached hydrogen (secondary N) is 2. The van der Waals surface area contributed by atoms with Gasteiger partial charge in [0.1, 0.15) is 12.0 Å². The van der Waals surface area contributed by atoms with Crippen molar-refractivity contribution < 1.29 is 9.31 Å². The van der Waals surface area contributed by atoms with Crippen LogP contribution in [0, 0.1) is 10.1 Å². The minimum atomic E-state index is -0.880. The highest BCUT2D eigenvalue weighted by molar-refractivity contribution is 5.77. The van der Waals surface area contributed by atoms with Crippen molar-refractivity contribution in [2.45, 2.75) is 25.6 Å². The third-order valence-corrected chi connectivity index (χ3v) is 5.13. The Labute approximate surface area is 179 Å². The number of anilines is 4. The zero-order valence-electron chi connectivity index (χ0n) is 16.9. The molecule has 8 nitrogen and oxygen atoms in total. The van der Waals surface area contributed by atoms with Crippen molar-refractivity contribution >= 4 is 28.7 Å². The van der Waals surface area contributed by atoms with Gasteiger partial charge in [-0.25, -0.2) is 9.37 Å². The second-order valence-electron chi connectivity index (χ2n) is 7.36. The van der Waals surface area contributed by atoms with Gasteiger partial charge in [-0.3, -0.25) is 15.1 Å². The molecule has 1 unspecified atom stereocenters. The van der Waals surface area contributed by atoms with Crippen LogP contribution in [0.2, 0.25) is 0 Å². The Hall–Kier alpha value is -3.75. The molecule has 1 aliphatic heterocycles. The number of alkyl halides is 1. The van der Waals surface area contributed by atoms with Crippen LogP contribution < -0.4 is 15.5 Å². The fraction of sp³-hybridized carbons (Fsp3) is 0.273. The van der Waals surface area contributed by atoms with E-state index in [-0.39, 0.29) is 11.5 Å². The molecule has 1 aromatic carbocycles. The molecule has 3 aromatic rings. The lowest BCUT2D eigenvalue weighted by molar-refractivity contribution is -0.384. The van der Waals surface area contributed by atoms with E-state index < -0.39 is 11.1 Å². The normalized spacial score (nSPS) is 16.0. The number of aromatic nitrogens is 2. The van der Waals surface area contributed by atoms with Crippen molar-refractivity contribution in [1.82, 2.24) is 9.97 Å². The van der Waals surface area contributed by atoms with Gasteiger partial charge < -0.3 is 15.5 Å². The Morgan fingerprint density at radius 1 is 1.19 bits per heavy atom. The minimum absolute atomic E-state index is 0.127. The summed E-state index contributed by atoms with van der Waals surface area (Å²) in [5, 5.41) is 17.8. The van der Waals surface area contributed by atoms with Crippen LogP contribution in [0.4, 0.5) is 33.1 Å². The Bertz CT molecular complexity index is 1050. The van der Waals surface area contributed by atoms with Crippen LogP contribution in [-0.4, -0.2) is 34.2 Å². The van der Waals surface area contributed by atoms with Crippen LogP contribution >= 0.6 is 0 Å². The third kappa shape index (κ3) is 5.06. The van der Waals surface area contributed by atoms with Crippen molar-refractivity contribution in [3.63, 3.8) is 0 Å². The van der Waals surface area contributed by atoms with Gasteiger partial charge in [-0.05, 0) is 42.7 Å². The molecule has 160 valence electrons. The second kappa shape index (κ2) is 9.38. The standard InChI is InChI=1S/C22H23FN6O2/c23-17-6-4-12-28(15-17)19-8-2-1-7-18(19)26-22-20(29(30)31)9-10-21(27-22)25-14-16-5-3-11-24-13-16/h1-3,5,7-11,13,17H,4,6,12,14-15H2,(H2,25,26,27). The number of halogens is 1. The first-order valence-corrected chi connectivity index (χ1v) is 10.1. The number of hydrogen-bond acceptors (Lipinski definition) is 7. The maximum atomic E-state index is 13.9. The fourth-order valence-electron chi connectivity index (χ4n) is 3.61. The smallest absolute Gasteiger partial charge is 0.311 e. The van der Waals surface area contributed by atoms with E-state index in [1.807, 2.05) is 41.3 Å². The van der Waals surface area contributed by atoms with Gasteiger partial charge in [0.05, 0.1) is 16.3 Å². The maximum absolute atomic E-state index is 13.9. The lowest BCUT2D eigenvalue weighted by Gasteiger charge is -2.32. The molecule has 0 bridgehead atoms. The lowest BCUT2D eigenvalue weighted by atomic mass is 10.1. The van der Waals surface area contributed by atoms with E-state index >= 15 is 0 Å². The predicted molar refractivity (Wildman–Crippen MR) is 119 cm³/mol. The topological polar surface area (TPSA) is 96.2 Å².